The summed E-state index contributed by atoms with van der Waals surface area (Å²) in [5, 5.41) is 2.53. The zero-order valence-corrected chi connectivity index (χ0v) is 5.72. The highest BCUT2D eigenvalue weighted by Crippen LogP contribution is 1.96. The molecule has 10 heavy (non-hydrogen) atoms. The molecule has 0 saturated heterocycles. The number of amides is 1. The molecular weight excluding hydrogens is 132 g/mol. The summed E-state index contributed by atoms with van der Waals surface area (Å²) in [5.74, 6) is 5.01. The minimum absolute atomic E-state index is 0.0459. The largest absolute Gasteiger partial charge is 0.321 e. The summed E-state index contributed by atoms with van der Waals surface area (Å²) in [6.45, 7) is 1.79. The highest BCUT2D eigenvalue weighted by atomic mass is 16.2. The van der Waals surface area contributed by atoms with Crippen molar-refractivity contribution in [2.24, 2.45) is 10.8 Å². The summed E-state index contributed by atoms with van der Waals surface area (Å²) < 4.78 is 0. The predicted molar refractivity (Wildman–Crippen MR) is 37.0 cm³/mol. The maximum absolute atomic E-state index is 10.8. The van der Waals surface area contributed by atoms with Gasteiger partial charge in [-0.15, -0.1) is 0 Å². The molecule has 0 aromatic rings. The predicted octanol–water partition coefficient (Wildman–Crippen LogP) is -1.29. The lowest BCUT2D eigenvalue weighted by Gasteiger charge is -2.18. The maximum atomic E-state index is 10.8. The normalized spacial score (nSPS) is 25.6. The Labute approximate surface area is 58.7 Å². The Kier molecular flexibility index (Phi) is 1.98. The van der Waals surface area contributed by atoms with Gasteiger partial charge in [-0.1, -0.05) is 0 Å². The van der Waals surface area contributed by atoms with E-state index in [1.54, 1.807) is 6.92 Å². The van der Waals surface area contributed by atoms with Crippen molar-refractivity contribution in [3.63, 3.8) is 0 Å². The smallest absolute Gasteiger partial charge is 0.228 e. The molecule has 56 valence electrons. The third kappa shape index (κ3) is 1.52. The van der Waals surface area contributed by atoms with Crippen molar-refractivity contribution in [1.29, 1.82) is 0 Å². The molecule has 0 aliphatic carbocycles. The van der Waals surface area contributed by atoms with Gasteiger partial charge in [-0.2, -0.15) is 0 Å². The highest BCUT2D eigenvalue weighted by Gasteiger charge is 2.15. The Morgan fingerprint density at radius 2 is 2.60 bits per heavy atom. The molecule has 0 spiro atoms. The SMILES string of the molecule is CC1=N[C@H](NN)NC(=O)C1. The van der Waals surface area contributed by atoms with Crippen LogP contribution < -0.4 is 16.6 Å². The van der Waals surface area contributed by atoms with Gasteiger partial charge in [0.25, 0.3) is 0 Å². The first kappa shape index (κ1) is 7.17. The number of hydrazine groups is 1. The Bertz CT molecular complexity index is 176. The van der Waals surface area contributed by atoms with Crippen LogP contribution in [0.5, 0.6) is 0 Å². The summed E-state index contributed by atoms with van der Waals surface area (Å²) in [7, 11) is 0. The lowest BCUT2D eigenvalue weighted by molar-refractivity contribution is -0.121. The van der Waals surface area contributed by atoms with Gasteiger partial charge in [0.15, 0.2) is 6.29 Å². The van der Waals surface area contributed by atoms with Crippen molar-refractivity contribution < 1.29 is 4.79 Å². The number of carbonyl (C=O) groups excluding carboxylic acids is 1. The van der Waals surface area contributed by atoms with Gasteiger partial charge >= 0.3 is 0 Å². The Hall–Kier alpha value is -0.940. The van der Waals surface area contributed by atoms with Crippen LogP contribution in [0.2, 0.25) is 0 Å². The van der Waals surface area contributed by atoms with Gasteiger partial charge in [0.1, 0.15) is 0 Å². The fourth-order valence-corrected chi connectivity index (χ4v) is 0.813. The van der Waals surface area contributed by atoms with E-state index >= 15 is 0 Å². The number of nitrogens with zero attached hydrogens (tertiary/aromatic N) is 1. The topological polar surface area (TPSA) is 79.5 Å². The minimum Gasteiger partial charge on any atom is -0.321 e. The molecule has 1 aliphatic heterocycles. The summed E-state index contributed by atoms with van der Waals surface area (Å²) >= 11 is 0. The van der Waals surface area contributed by atoms with E-state index in [1.165, 1.54) is 0 Å². The molecule has 1 amide bonds. The van der Waals surface area contributed by atoms with Crippen LogP contribution >= 0.6 is 0 Å². The van der Waals surface area contributed by atoms with Crippen LogP contribution in [-0.2, 0) is 4.79 Å². The Balaban J connectivity index is 2.63. The number of nitrogens with two attached hydrogens (primary N) is 1. The molecule has 0 radical (unpaired) electrons. The second kappa shape index (κ2) is 2.76. The van der Waals surface area contributed by atoms with Gasteiger partial charge in [-0.25, -0.2) is 5.43 Å². The van der Waals surface area contributed by atoms with E-state index in [1.807, 2.05) is 0 Å². The van der Waals surface area contributed by atoms with Crippen molar-refractivity contribution in [2.75, 3.05) is 0 Å². The molecular formula is C5H10N4O. The second-order valence-corrected chi connectivity index (χ2v) is 2.18. The van der Waals surface area contributed by atoms with Gasteiger partial charge in [0, 0.05) is 5.71 Å². The molecule has 5 heteroatoms. The molecule has 1 aliphatic rings. The van der Waals surface area contributed by atoms with E-state index in [2.05, 4.69) is 15.7 Å². The van der Waals surface area contributed by atoms with Gasteiger partial charge < -0.3 is 5.32 Å². The molecule has 1 heterocycles. The van der Waals surface area contributed by atoms with Crippen LogP contribution in [0.4, 0.5) is 0 Å². The van der Waals surface area contributed by atoms with E-state index < -0.39 is 6.29 Å². The highest BCUT2D eigenvalue weighted by molar-refractivity contribution is 6.01. The molecule has 0 aromatic heterocycles. The first-order chi connectivity index (χ1) is 4.72. The van der Waals surface area contributed by atoms with Gasteiger partial charge in [-0.3, -0.25) is 15.6 Å². The third-order valence-corrected chi connectivity index (χ3v) is 1.22. The van der Waals surface area contributed by atoms with Crippen LogP contribution in [0.1, 0.15) is 13.3 Å². The van der Waals surface area contributed by atoms with E-state index in [9.17, 15) is 4.79 Å². The van der Waals surface area contributed by atoms with Crippen molar-refractivity contribution in [3.8, 4) is 0 Å². The molecule has 4 N–H and O–H groups in total. The van der Waals surface area contributed by atoms with Crippen molar-refractivity contribution >= 4 is 11.6 Å². The van der Waals surface area contributed by atoms with Gasteiger partial charge in [0.05, 0.1) is 6.42 Å². The average molecular weight is 142 g/mol. The first-order valence-electron chi connectivity index (χ1n) is 3.01. The van der Waals surface area contributed by atoms with Crippen molar-refractivity contribution in [3.05, 3.63) is 0 Å². The first-order valence-corrected chi connectivity index (χ1v) is 3.01. The Morgan fingerprint density at radius 1 is 1.90 bits per heavy atom. The average Bonchev–Trinajstić information content (AvgIpc) is 1.85. The number of carbonyl (C=O) groups is 1. The lowest BCUT2D eigenvalue weighted by atomic mass is 10.2. The van der Waals surface area contributed by atoms with E-state index in [0.717, 1.165) is 5.71 Å². The molecule has 5 nitrogen and oxygen atoms in total. The third-order valence-electron chi connectivity index (χ3n) is 1.22. The number of aliphatic imine (C=N–C) groups is 1. The zero-order chi connectivity index (χ0) is 7.56. The quantitative estimate of drug-likeness (QED) is 0.315. The second-order valence-electron chi connectivity index (χ2n) is 2.18. The molecule has 0 fully saturated rings. The molecule has 1 rings (SSSR count). The molecule has 1 atom stereocenters. The van der Waals surface area contributed by atoms with Crippen LogP contribution in [0.3, 0.4) is 0 Å². The summed E-state index contributed by atoms with van der Waals surface area (Å²) in [4.78, 5) is 14.8. The number of hydrogen-bond acceptors (Lipinski definition) is 4. The summed E-state index contributed by atoms with van der Waals surface area (Å²) in [5.41, 5.74) is 3.14. The van der Waals surface area contributed by atoms with Gasteiger partial charge in [0.2, 0.25) is 5.91 Å². The van der Waals surface area contributed by atoms with Crippen LogP contribution in [0.25, 0.3) is 0 Å². The summed E-state index contributed by atoms with van der Waals surface area (Å²) in [6.07, 6.45) is -0.0701. The number of hydrogen-bond donors (Lipinski definition) is 3. The fraction of sp³-hybridized carbons (Fsp3) is 0.600. The van der Waals surface area contributed by atoms with E-state index in [4.69, 9.17) is 5.84 Å². The molecule has 0 aromatic carbocycles. The fourth-order valence-electron chi connectivity index (χ4n) is 0.813. The monoisotopic (exact) mass is 142 g/mol. The lowest BCUT2D eigenvalue weighted by Crippen LogP contribution is -2.50. The van der Waals surface area contributed by atoms with Crippen LogP contribution in [-0.4, -0.2) is 17.9 Å². The maximum Gasteiger partial charge on any atom is 0.228 e. The molecule has 0 saturated carbocycles. The number of nitrogens with one attached hydrogen (secondary N) is 2. The van der Waals surface area contributed by atoms with Gasteiger partial charge in [-0.05, 0) is 6.92 Å². The summed E-state index contributed by atoms with van der Waals surface area (Å²) in [6, 6.07) is 0. The van der Waals surface area contributed by atoms with Crippen LogP contribution in [0, 0.1) is 0 Å². The van der Waals surface area contributed by atoms with Crippen LogP contribution in [0.15, 0.2) is 4.99 Å². The zero-order valence-electron chi connectivity index (χ0n) is 5.72. The standard InChI is InChI=1S/C5H10N4O/c1-3-2-4(10)8-5(7-3)9-6/h5,9H,2,6H2,1H3,(H,8,10)/t5-/m0/s1. The Morgan fingerprint density at radius 3 is 3.10 bits per heavy atom. The molecule has 0 unspecified atom stereocenters. The van der Waals surface area contributed by atoms with E-state index in [-0.39, 0.29) is 5.91 Å². The molecule has 0 bridgehead atoms. The van der Waals surface area contributed by atoms with Crippen molar-refractivity contribution in [2.45, 2.75) is 19.6 Å². The van der Waals surface area contributed by atoms with Crippen molar-refractivity contribution in [1.82, 2.24) is 10.7 Å². The van der Waals surface area contributed by atoms with E-state index in [0.29, 0.717) is 6.42 Å². The minimum atomic E-state index is -0.443. The number of rotatable bonds is 1.